The molecule has 1 amide bonds. The van der Waals surface area contributed by atoms with E-state index in [0.717, 1.165) is 19.3 Å². The second-order valence-electron chi connectivity index (χ2n) is 4.66. The summed E-state index contributed by atoms with van der Waals surface area (Å²) < 4.78 is 5.29. The number of nitrogens with zero attached hydrogens (tertiary/aromatic N) is 1. The summed E-state index contributed by atoms with van der Waals surface area (Å²) in [5.41, 5.74) is 0. The van der Waals surface area contributed by atoms with Crippen LogP contribution in [0.15, 0.2) is 24.3 Å². The van der Waals surface area contributed by atoms with Crippen molar-refractivity contribution in [2.24, 2.45) is 5.92 Å². The van der Waals surface area contributed by atoms with E-state index >= 15 is 0 Å². The van der Waals surface area contributed by atoms with E-state index in [1.165, 1.54) is 0 Å². The summed E-state index contributed by atoms with van der Waals surface area (Å²) in [4.78, 5) is 13.7. The second-order valence-corrected chi connectivity index (χ2v) is 5.10. The Morgan fingerprint density at radius 2 is 2.00 bits per heavy atom. The van der Waals surface area contributed by atoms with E-state index < -0.39 is 0 Å². The Bertz CT molecular complexity index is 470. The molecule has 100 valence electrons. The fourth-order valence-electron chi connectivity index (χ4n) is 2.15. The Labute approximate surface area is 118 Å². The zero-order chi connectivity index (χ0) is 13.7. The molecule has 4 heteroatoms. The molecule has 0 atom stereocenters. The predicted molar refractivity (Wildman–Crippen MR) is 75.2 cm³/mol. The average molecular weight is 278 g/mol. The first-order valence-electron chi connectivity index (χ1n) is 6.35. The standard InChI is InChI=1S/C15H16ClNO2/c1-2-3-12-8-10-17(11-9-12)15(18)19-14-6-4-13(16)5-7-14/h1,4-7,12H,3,8-11H2. The highest BCUT2D eigenvalue weighted by Crippen LogP contribution is 2.21. The van der Waals surface area contributed by atoms with Gasteiger partial charge in [0.25, 0.3) is 0 Å². The molecule has 0 bridgehead atoms. The highest BCUT2D eigenvalue weighted by molar-refractivity contribution is 6.30. The highest BCUT2D eigenvalue weighted by Gasteiger charge is 2.23. The van der Waals surface area contributed by atoms with Gasteiger partial charge in [-0.25, -0.2) is 4.79 Å². The largest absolute Gasteiger partial charge is 0.415 e. The van der Waals surface area contributed by atoms with Gasteiger partial charge in [0.15, 0.2) is 0 Å². The fourth-order valence-corrected chi connectivity index (χ4v) is 2.28. The van der Waals surface area contributed by atoms with E-state index in [9.17, 15) is 4.79 Å². The lowest BCUT2D eigenvalue weighted by Crippen LogP contribution is -2.40. The van der Waals surface area contributed by atoms with Crippen LogP contribution in [0.25, 0.3) is 0 Å². The summed E-state index contributed by atoms with van der Waals surface area (Å²) in [6.45, 7) is 1.41. The van der Waals surface area contributed by atoms with Crippen molar-refractivity contribution >= 4 is 17.7 Å². The molecular weight excluding hydrogens is 262 g/mol. The number of piperidine rings is 1. The van der Waals surface area contributed by atoms with Crippen LogP contribution < -0.4 is 4.74 Å². The van der Waals surface area contributed by atoms with Gasteiger partial charge in [-0.2, -0.15) is 0 Å². The summed E-state index contributed by atoms with van der Waals surface area (Å²) in [5.74, 6) is 3.73. The minimum absolute atomic E-state index is 0.304. The number of halogens is 1. The van der Waals surface area contributed by atoms with Crippen molar-refractivity contribution in [3.8, 4) is 18.1 Å². The van der Waals surface area contributed by atoms with Crippen LogP contribution in [0.1, 0.15) is 19.3 Å². The molecule has 1 aliphatic heterocycles. The number of terminal acetylenes is 1. The smallest absolute Gasteiger partial charge is 0.410 e. The van der Waals surface area contributed by atoms with Crippen LogP contribution in [0.5, 0.6) is 5.75 Å². The average Bonchev–Trinajstić information content (AvgIpc) is 2.42. The van der Waals surface area contributed by atoms with Crippen molar-refractivity contribution < 1.29 is 9.53 Å². The summed E-state index contributed by atoms with van der Waals surface area (Å²) in [6.07, 6.45) is 7.68. The molecule has 1 aromatic carbocycles. The molecule has 0 N–H and O–H groups in total. The monoisotopic (exact) mass is 277 g/mol. The van der Waals surface area contributed by atoms with Gasteiger partial charge in [-0.3, -0.25) is 0 Å². The number of carbonyl (C=O) groups is 1. The lowest BCUT2D eigenvalue weighted by molar-refractivity contribution is 0.131. The molecule has 0 spiro atoms. The third-order valence-electron chi connectivity index (χ3n) is 3.30. The molecule has 0 aromatic heterocycles. The Hall–Kier alpha value is -1.66. The van der Waals surface area contributed by atoms with E-state index in [4.69, 9.17) is 22.8 Å². The first kappa shape index (κ1) is 13.8. The van der Waals surface area contributed by atoms with Crippen LogP contribution in [0.2, 0.25) is 5.02 Å². The number of hydrogen-bond donors (Lipinski definition) is 0. The van der Waals surface area contributed by atoms with E-state index in [2.05, 4.69) is 5.92 Å². The number of ether oxygens (including phenoxy) is 1. The van der Waals surface area contributed by atoms with Gasteiger partial charge in [-0.05, 0) is 43.0 Å². The van der Waals surface area contributed by atoms with Crippen molar-refractivity contribution in [3.63, 3.8) is 0 Å². The van der Waals surface area contributed by atoms with Crippen molar-refractivity contribution in [2.75, 3.05) is 13.1 Å². The summed E-state index contributed by atoms with van der Waals surface area (Å²) in [6, 6.07) is 6.77. The minimum Gasteiger partial charge on any atom is -0.410 e. The molecule has 0 saturated carbocycles. The zero-order valence-electron chi connectivity index (χ0n) is 10.6. The summed E-state index contributed by atoms with van der Waals surface area (Å²) in [5, 5.41) is 0.620. The van der Waals surface area contributed by atoms with Crippen LogP contribution in [0.4, 0.5) is 4.79 Å². The van der Waals surface area contributed by atoms with Gasteiger partial charge in [0.1, 0.15) is 5.75 Å². The quantitative estimate of drug-likeness (QED) is 0.774. The van der Waals surface area contributed by atoms with E-state index in [1.54, 1.807) is 29.2 Å². The Kier molecular flexibility index (Phi) is 4.70. The SMILES string of the molecule is C#CCC1CCN(C(=O)Oc2ccc(Cl)cc2)CC1. The molecular formula is C15H16ClNO2. The number of benzene rings is 1. The maximum Gasteiger partial charge on any atom is 0.415 e. The van der Waals surface area contributed by atoms with E-state index in [0.29, 0.717) is 29.8 Å². The maximum absolute atomic E-state index is 11.9. The molecule has 1 aliphatic rings. The second kappa shape index (κ2) is 6.49. The van der Waals surface area contributed by atoms with Crippen LogP contribution in [0.3, 0.4) is 0 Å². The summed E-state index contributed by atoms with van der Waals surface area (Å²) >= 11 is 5.78. The summed E-state index contributed by atoms with van der Waals surface area (Å²) in [7, 11) is 0. The fraction of sp³-hybridized carbons (Fsp3) is 0.400. The van der Waals surface area contributed by atoms with Gasteiger partial charge < -0.3 is 9.64 Å². The van der Waals surface area contributed by atoms with Crippen LogP contribution in [-0.2, 0) is 0 Å². The first-order valence-corrected chi connectivity index (χ1v) is 6.72. The lowest BCUT2D eigenvalue weighted by Gasteiger charge is -2.30. The van der Waals surface area contributed by atoms with E-state index in [1.807, 2.05) is 0 Å². The van der Waals surface area contributed by atoms with Gasteiger partial charge >= 0.3 is 6.09 Å². The van der Waals surface area contributed by atoms with Gasteiger partial charge in [0.2, 0.25) is 0 Å². The van der Waals surface area contributed by atoms with Crippen molar-refractivity contribution in [1.29, 1.82) is 0 Å². The molecule has 1 saturated heterocycles. The Balaban J connectivity index is 1.85. The first-order chi connectivity index (χ1) is 9.19. The molecule has 1 fully saturated rings. The Morgan fingerprint density at radius 3 is 2.58 bits per heavy atom. The third kappa shape index (κ3) is 3.90. The topological polar surface area (TPSA) is 29.5 Å². The van der Waals surface area contributed by atoms with Crippen molar-refractivity contribution in [2.45, 2.75) is 19.3 Å². The van der Waals surface area contributed by atoms with Gasteiger partial charge in [0.05, 0.1) is 0 Å². The van der Waals surface area contributed by atoms with Crippen LogP contribution in [0, 0.1) is 18.3 Å². The molecule has 0 aliphatic carbocycles. The van der Waals surface area contributed by atoms with Crippen LogP contribution >= 0.6 is 11.6 Å². The predicted octanol–water partition coefficient (Wildman–Crippen LogP) is 3.57. The highest BCUT2D eigenvalue weighted by atomic mass is 35.5. The molecule has 1 heterocycles. The van der Waals surface area contributed by atoms with Gasteiger partial charge in [-0.1, -0.05) is 11.6 Å². The van der Waals surface area contributed by atoms with Crippen molar-refractivity contribution in [3.05, 3.63) is 29.3 Å². The maximum atomic E-state index is 11.9. The minimum atomic E-state index is -0.304. The van der Waals surface area contributed by atoms with Gasteiger partial charge in [0, 0.05) is 24.5 Å². The zero-order valence-corrected chi connectivity index (χ0v) is 11.4. The molecule has 3 nitrogen and oxygen atoms in total. The molecule has 1 aromatic rings. The number of likely N-dealkylation sites (tertiary alicyclic amines) is 1. The van der Waals surface area contributed by atoms with Gasteiger partial charge in [-0.15, -0.1) is 12.3 Å². The Morgan fingerprint density at radius 1 is 1.37 bits per heavy atom. The number of hydrogen-bond acceptors (Lipinski definition) is 2. The normalized spacial score (nSPS) is 15.9. The number of carbonyl (C=O) groups excluding carboxylic acids is 1. The van der Waals surface area contributed by atoms with Crippen molar-refractivity contribution in [1.82, 2.24) is 4.90 Å². The molecule has 19 heavy (non-hydrogen) atoms. The molecule has 2 rings (SSSR count). The van der Waals surface area contributed by atoms with E-state index in [-0.39, 0.29) is 6.09 Å². The van der Waals surface area contributed by atoms with Crippen LogP contribution in [-0.4, -0.2) is 24.1 Å². The molecule has 0 radical (unpaired) electrons. The molecule has 0 unspecified atom stereocenters. The number of rotatable bonds is 2. The lowest BCUT2D eigenvalue weighted by atomic mass is 9.94. The third-order valence-corrected chi connectivity index (χ3v) is 3.55. The number of amides is 1.